The number of halogens is 5. The molecule has 1 saturated heterocycles. The highest BCUT2D eigenvalue weighted by molar-refractivity contribution is 6.07. The Hall–Kier alpha value is -4.00. The van der Waals surface area contributed by atoms with E-state index in [4.69, 9.17) is 4.74 Å². The average Bonchev–Trinajstić information content (AvgIpc) is 3.76. The zero-order chi connectivity index (χ0) is 30.3. The lowest BCUT2D eigenvalue weighted by molar-refractivity contribution is -0.138. The van der Waals surface area contributed by atoms with Crippen molar-refractivity contribution in [3.05, 3.63) is 69.8 Å². The van der Waals surface area contributed by atoms with E-state index in [1.165, 1.54) is 18.3 Å². The Morgan fingerprint density at radius 3 is 2.43 bits per heavy atom. The van der Waals surface area contributed by atoms with Gasteiger partial charge in [0.15, 0.2) is 5.82 Å². The molecule has 2 fully saturated rings. The monoisotopic (exact) mass is 591 g/mol. The van der Waals surface area contributed by atoms with Gasteiger partial charge < -0.3 is 19.9 Å². The van der Waals surface area contributed by atoms with Gasteiger partial charge in [-0.2, -0.15) is 13.2 Å². The van der Waals surface area contributed by atoms with Crippen molar-refractivity contribution in [1.82, 2.24) is 14.9 Å². The molecule has 1 saturated carbocycles. The van der Waals surface area contributed by atoms with Crippen LogP contribution in [0.4, 0.5) is 33.3 Å². The van der Waals surface area contributed by atoms with Crippen molar-refractivity contribution in [2.45, 2.75) is 44.9 Å². The van der Waals surface area contributed by atoms with Gasteiger partial charge in [-0.1, -0.05) is 0 Å². The number of anilines is 2. The van der Waals surface area contributed by atoms with Crippen LogP contribution in [0, 0.1) is 17.6 Å². The molecule has 2 N–H and O–H groups in total. The average molecular weight is 592 g/mol. The van der Waals surface area contributed by atoms with Crippen molar-refractivity contribution in [3.63, 3.8) is 0 Å². The van der Waals surface area contributed by atoms with E-state index in [0.29, 0.717) is 31.8 Å². The van der Waals surface area contributed by atoms with Crippen LogP contribution < -0.4 is 20.5 Å². The summed E-state index contributed by atoms with van der Waals surface area (Å²) in [5, 5.41) is 2.25. The summed E-state index contributed by atoms with van der Waals surface area (Å²) in [6, 6.07) is 4.14. The number of nitrogens with zero attached hydrogens (tertiary/aromatic N) is 3. The van der Waals surface area contributed by atoms with E-state index in [0.717, 1.165) is 18.9 Å². The van der Waals surface area contributed by atoms with Gasteiger partial charge in [-0.05, 0) is 45.7 Å². The third kappa shape index (κ3) is 6.10. The number of alkyl halides is 3. The summed E-state index contributed by atoms with van der Waals surface area (Å²) in [6.45, 7) is 5.02. The SMILES string of the molecule is CC1CN(c2cc(F)c(-c3ccc(OCC4CC4)nc3)c(F)c2NC(=O)c2c[nH]c(=O)cc2C(F)(F)F)CC(C)N1C. The number of amides is 1. The van der Waals surface area contributed by atoms with Crippen LogP contribution in [0.5, 0.6) is 5.88 Å². The Balaban J connectivity index is 1.57. The number of carbonyl (C=O) groups excluding carboxylic acids is 1. The molecule has 0 radical (unpaired) electrons. The molecule has 42 heavy (non-hydrogen) atoms. The molecule has 3 aromatic rings. The lowest BCUT2D eigenvalue weighted by Crippen LogP contribution is -2.55. The first kappa shape index (κ1) is 29.5. The molecule has 3 heterocycles. The first-order chi connectivity index (χ1) is 19.8. The summed E-state index contributed by atoms with van der Waals surface area (Å²) in [5.74, 6) is -2.68. The molecule has 2 aromatic heterocycles. The Kier molecular flexibility index (Phi) is 7.97. The molecular weight excluding hydrogens is 561 g/mol. The summed E-state index contributed by atoms with van der Waals surface area (Å²) in [5.41, 5.74) is -4.45. The van der Waals surface area contributed by atoms with Gasteiger partial charge in [0.2, 0.25) is 11.4 Å². The van der Waals surface area contributed by atoms with Gasteiger partial charge in [0.05, 0.1) is 29.0 Å². The summed E-state index contributed by atoms with van der Waals surface area (Å²) < 4.78 is 78.6. The maximum atomic E-state index is 16.3. The van der Waals surface area contributed by atoms with E-state index in [-0.39, 0.29) is 35.3 Å². The number of ether oxygens (including phenoxy) is 1. The Labute approximate surface area is 238 Å². The molecule has 2 unspecified atom stereocenters. The smallest absolute Gasteiger partial charge is 0.417 e. The normalized spacial score (nSPS) is 19.6. The third-order valence-corrected chi connectivity index (χ3v) is 7.80. The number of piperazine rings is 1. The van der Waals surface area contributed by atoms with Crippen LogP contribution in [-0.4, -0.2) is 59.6 Å². The minimum atomic E-state index is -5.03. The van der Waals surface area contributed by atoms with Crippen LogP contribution >= 0.6 is 0 Å². The number of aromatic amines is 1. The summed E-state index contributed by atoms with van der Waals surface area (Å²) in [7, 11) is 1.92. The van der Waals surface area contributed by atoms with Gasteiger partial charge in [-0.25, -0.2) is 13.8 Å². The zero-order valence-electron chi connectivity index (χ0n) is 23.2. The van der Waals surface area contributed by atoms with Crippen LogP contribution in [0.1, 0.15) is 42.6 Å². The molecule has 1 amide bonds. The number of likely N-dealkylation sites (N-methyl/N-ethyl adjacent to an activating group) is 1. The Morgan fingerprint density at radius 1 is 1.14 bits per heavy atom. The second-order valence-electron chi connectivity index (χ2n) is 10.9. The zero-order valence-corrected chi connectivity index (χ0v) is 23.2. The first-order valence-electron chi connectivity index (χ1n) is 13.5. The molecule has 0 bridgehead atoms. The van der Waals surface area contributed by atoms with Crippen molar-refractivity contribution in [1.29, 1.82) is 0 Å². The van der Waals surface area contributed by atoms with Crippen molar-refractivity contribution >= 4 is 17.3 Å². The number of hydrogen-bond donors (Lipinski definition) is 2. The van der Waals surface area contributed by atoms with Crippen molar-refractivity contribution in [2.75, 3.05) is 37.0 Å². The number of pyridine rings is 2. The second-order valence-corrected chi connectivity index (χ2v) is 10.9. The topological polar surface area (TPSA) is 90.6 Å². The standard InChI is InChI=1S/C29H30F5N5O3/c1-15-12-39(13-16(2)38(15)3)22-9-21(30)25(18-6-7-24(36-10-18)42-14-17-4-5-17)26(31)27(22)37-28(41)19-11-35-23(40)8-20(19)29(32,33)34/h6-11,15-17H,4-5,12-14H2,1-3H3,(H,35,40)(H,37,41). The highest BCUT2D eigenvalue weighted by Gasteiger charge is 2.37. The van der Waals surface area contributed by atoms with Crippen LogP contribution in [0.25, 0.3) is 11.1 Å². The molecule has 1 aliphatic carbocycles. The molecule has 13 heteroatoms. The lowest BCUT2D eigenvalue weighted by atomic mass is 10.0. The molecule has 8 nitrogen and oxygen atoms in total. The van der Waals surface area contributed by atoms with E-state index in [9.17, 15) is 22.8 Å². The maximum Gasteiger partial charge on any atom is 0.417 e. The second kappa shape index (κ2) is 11.3. The number of rotatable bonds is 7. The fourth-order valence-corrected chi connectivity index (χ4v) is 5.02. The van der Waals surface area contributed by atoms with E-state index in [1.54, 1.807) is 4.90 Å². The molecule has 2 aliphatic rings. The predicted octanol–water partition coefficient (Wildman–Crippen LogP) is 5.30. The van der Waals surface area contributed by atoms with E-state index in [2.05, 4.69) is 20.2 Å². The lowest BCUT2D eigenvalue weighted by Gasteiger charge is -2.44. The largest absolute Gasteiger partial charge is 0.477 e. The first-order valence-corrected chi connectivity index (χ1v) is 13.5. The molecule has 1 aliphatic heterocycles. The van der Waals surface area contributed by atoms with Crippen molar-refractivity contribution in [2.24, 2.45) is 5.92 Å². The number of nitrogens with one attached hydrogen (secondary N) is 2. The Morgan fingerprint density at radius 2 is 1.83 bits per heavy atom. The van der Waals surface area contributed by atoms with Crippen molar-refractivity contribution in [3.8, 4) is 17.0 Å². The fraction of sp³-hybridized carbons (Fsp3) is 0.414. The van der Waals surface area contributed by atoms with E-state index in [1.807, 2.05) is 20.9 Å². The molecule has 1 aromatic carbocycles. The maximum absolute atomic E-state index is 16.3. The van der Waals surface area contributed by atoms with Gasteiger partial charge in [-0.15, -0.1) is 0 Å². The van der Waals surface area contributed by atoms with E-state index < -0.39 is 51.7 Å². The van der Waals surface area contributed by atoms with Gasteiger partial charge in [0.1, 0.15) is 11.5 Å². The van der Waals surface area contributed by atoms with Crippen molar-refractivity contribution < 1.29 is 31.5 Å². The van der Waals surface area contributed by atoms with Crippen LogP contribution in [0.15, 0.2) is 41.5 Å². The number of hydrogen-bond acceptors (Lipinski definition) is 6. The fourth-order valence-electron chi connectivity index (χ4n) is 5.02. The summed E-state index contributed by atoms with van der Waals surface area (Å²) >= 11 is 0. The Bertz CT molecular complexity index is 1530. The van der Waals surface area contributed by atoms with Crippen LogP contribution in [-0.2, 0) is 6.18 Å². The van der Waals surface area contributed by atoms with E-state index >= 15 is 8.78 Å². The van der Waals surface area contributed by atoms with Crippen LogP contribution in [0.3, 0.4) is 0 Å². The number of carbonyl (C=O) groups is 1. The molecular formula is C29H30F5N5O3. The minimum absolute atomic E-state index is 0.0239. The number of H-pyrrole nitrogens is 1. The highest BCUT2D eigenvalue weighted by atomic mass is 19.4. The molecule has 2 atom stereocenters. The summed E-state index contributed by atoms with van der Waals surface area (Å²) in [4.78, 5) is 34.8. The van der Waals surface area contributed by atoms with Crippen LogP contribution in [0.2, 0.25) is 0 Å². The van der Waals surface area contributed by atoms with Gasteiger partial charge >= 0.3 is 6.18 Å². The summed E-state index contributed by atoms with van der Waals surface area (Å²) in [6.07, 6.45) is -1.04. The molecule has 0 spiro atoms. The highest BCUT2D eigenvalue weighted by Crippen LogP contribution is 2.40. The van der Waals surface area contributed by atoms with Gasteiger partial charge in [-0.3, -0.25) is 14.5 Å². The number of benzene rings is 1. The van der Waals surface area contributed by atoms with Gasteiger partial charge in [0.25, 0.3) is 5.91 Å². The predicted molar refractivity (Wildman–Crippen MR) is 147 cm³/mol. The van der Waals surface area contributed by atoms with Gasteiger partial charge in [0, 0.05) is 61.3 Å². The quantitative estimate of drug-likeness (QED) is 0.363. The minimum Gasteiger partial charge on any atom is -0.477 e. The molecule has 5 rings (SSSR count). The third-order valence-electron chi connectivity index (χ3n) is 7.80. The number of aromatic nitrogens is 2. The molecule has 224 valence electrons.